The number of hydrogen-bond acceptors (Lipinski definition) is 6. The molecule has 170 valence electrons. The predicted molar refractivity (Wildman–Crippen MR) is 129 cm³/mol. The molecular formula is C23H23N5O4S. The lowest BCUT2D eigenvalue weighted by molar-refractivity contribution is -0.118. The molecule has 9 nitrogen and oxygen atoms in total. The van der Waals surface area contributed by atoms with Crippen molar-refractivity contribution in [1.82, 2.24) is 14.9 Å². The number of benzene rings is 2. The van der Waals surface area contributed by atoms with Crippen LogP contribution in [-0.2, 0) is 16.1 Å². The van der Waals surface area contributed by atoms with Crippen LogP contribution >= 0.6 is 11.8 Å². The van der Waals surface area contributed by atoms with E-state index in [2.05, 4.69) is 20.9 Å². The first kappa shape index (κ1) is 22.5. The topological polar surface area (TPSA) is 122 Å². The van der Waals surface area contributed by atoms with Crippen molar-refractivity contribution in [3.05, 3.63) is 64.7 Å². The lowest BCUT2D eigenvalue weighted by Gasteiger charge is -2.13. The fourth-order valence-corrected chi connectivity index (χ4v) is 4.06. The number of nitrogens with zero attached hydrogens (tertiary/aromatic N) is 2. The molecule has 2 aromatic carbocycles. The van der Waals surface area contributed by atoms with E-state index in [1.165, 1.54) is 17.0 Å². The summed E-state index contributed by atoms with van der Waals surface area (Å²) in [6, 6.07) is 11.2. The largest absolute Gasteiger partial charge is 0.340 e. The molecule has 0 radical (unpaired) electrons. The van der Waals surface area contributed by atoms with E-state index in [-0.39, 0.29) is 41.8 Å². The number of carbonyl (C=O) groups excluding carboxylic acids is 3. The molecular weight excluding hydrogens is 442 g/mol. The summed E-state index contributed by atoms with van der Waals surface area (Å²) in [5, 5.41) is 8.76. The van der Waals surface area contributed by atoms with Gasteiger partial charge in [-0.1, -0.05) is 12.1 Å². The van der Waals surface area contributed by atoms with Crippen LogP contribution < -0.4 is 21.5 Å². The third kappa shape index (κ3) is 5.06. The van der Waals surface area contributed by atoms with Gasteiger partial charge in [-0.3, -0.25) is 23.7 Å². The fourth-order valence-electron chi connectivity index (χ4n) is 3.59. The SMILES string of the molecule is CSCC[C@H]1NC(=O)c2cc(NC(=O)CCn3cnc4ccccc4c3=O)ccc2NC1=O. The zero-order valence-electron chi connectivity index (χ0n) is 18.0. The molecule has 0 saturated carbocycles. The van der Waals surface area contributed by atoms with Crippen LogP contribution in [0, 0.1) is 0 Å². The van der Waals surface area contributed by atoms with Crippen molar-refractivity contribution in [1.29, 1.82) is 0 Å². The van der Waals surface area contributed by atoms with Gasteiger partial charge in [0.2, 0.25) is 11.8 Å². The van der Waals surface area contributed by atoms with Gasteiger partial charge in [-0.2, -0.15) is 11.8 Å². The van der Waals surface area contributed by atoms with Gasteiger partial charge in [0.25, 0.3) is 11.5 Å². The monoisotopic (exact) mass is 465 g/mol. The molecule has 4 rings (SSSR count). The maximum absolute atomic E-state index is 12.7. The highest BCUT2D eigenvalue weighted by molar-refractivity contribution is 7.98. The van der Waals surface area contributed by atoms with Gasteiger partial charge < -0.3 is 16.0 Å². The van der Waals surface area contributed by atoms with Gasteiger partial charge in [0.15, 0.2) is 0 Å². The van der Waals surface area contributed by atoms with Crippen molar-refractivity contribution < 1.29 is 14.4 Å². The molecule has 0 spiro atoms. The first-order valence-electron chi connectivity index (χ1n) is 10.4. The third-order valence-electron chi connectivity index (χ3n) is 5.35. The molecule has 1 aliphatic rings. The van der Waals surface area contributed by atoms with Crippen LogP contribution in [0.1, 0.15) is 23.2 Å². The van der Waals surface area contributed by atoms with E-state index in [4.69, 9.17) is 0 Å². The molecule has 0 saturated heterocycles. The number of hydrogen-bond donors (Lipinski definition) is 3. The number of aryl methyl sites for hydroxylation is 1. The Kier molecular flexibility index (Phi) is 6.74. The van der Waals surface area contributed by atoms with Gasteiger partial charge in [-0.05, 0) is 48.8 Å². The Morgan fingerprint density at radius 2 is 2.00 bits per heavy atom. The molecule has 0 fully saturated rings. The molecule has 3 N–H and O–H groups in total. The minimum absolute atomic E-state index is 0.0523. The molecule has 10 heteroatoms. The van der Waals surface area contributed by atoms with Crippen molar-refractivity contribution in [2.45, 2.75) is 25.4 Å². The minimum atomic E-state index is -0.607. The van der Waals surface area contributed by atoms with Gasteiger partial charge in [-0.15, -0.1) is 0 Å². The molecule has 2 heterocycles. The predicted octanol–water partition coefficient (Wildman–Crippen LogP) is 2.23. The van der Waals surface area contributed by atoms with Gasteiger partial charge in [0.05, 0.1) is 28.5 Å². The number of rotatable bonds is 7. The standard InChI is InChI=1S/C23H23N5O4S/c1-33-11-9-19-22(31)26-18-7-6-14(12-16(18)21(30)27-19)25-20(29)8-10-28-13-24-17-5-3-2-4-15(17)23(28)32/h2-7,12-13,19H,8-11H2,1H3,(H,25,29)(H,26,31)(H,27,30)/t19-/m1/s1. The Balaban J connectivity index is 1.43. The summed E-state index contributed by atoms with van der Waals surface area (Å²) in [7, 11) is 0. The Labute approximate surface area is 194 Å². The summed E-state index contributed by atoms with van der Waals surface area (Å²) in [6.45, 7) is 0.168. The van der Waals surface area contributed by atoms with Gasteiger partial charge in [0.1, 0.15) is 6.04 Å². The summed E-state index contributed by atoms with van der Waals surface area (Å²) in [4.78, 5) is 54.3. The Hall–Kier alpha value is -3.66. The molecule has 3 aromatic rings. The number of amides is 3. The lowest BCUT2D eigenvalue weighted by Crippen LogP contribution is -2.41. The van der Waals surface area contributed by atoms with Crippen LogP contribution in [0.25, 0.3) is 10.9 Å². The van der Waals surface area contributed by atoms with Gasteiger partial charge in [0, 0.05) is 18.7 Å². The second kappa shape index (κ2) is 9.86. The molecule has 1 aliphatic heterocycles. The average molecular weight is 466 g/mol. The third-order valence-corrected chi connectivity index (χ3v) is 5.99. The highest BCUT2D eigenvalue weighted by Gasteiger charge is 2.27. The van der Waals surface area contributed by atoms with E-state index in [9.17, 15) is 19.2 Å². The quantitative estimate of drug-likeness (QED) is 0.492. The van der Waals surface area contributed by atoms with E-state index in [0.29, 0.717) is 28.7 Å². The van der Waals surface area contributed by atoms with Crippen LogP contribution in [0.2, 0.25) is 0 Å². The molecule has 33 heavy (non-hydrogen) atoms. The van der Waals surface area contributed by atoms with E-state index < -0.39 is 6.04 Å². The molecule has 0 bridgehead atoms. The zero-order valence-corrected chi connectivity index (χ0v) is 18.8. The normalized spacial score (nSPS) is 15.4. The van der Waals surface area contributed by atoms with Crippen LogP contribution in [0.5, 0.6) is 0 Å². The number of aromatic nitrogens is 2. The molecule has 1 atom stereocenters. The maximum Gasteiger partial charge on any atom is 0.261 e. The van der Waals surface area contributed by atoms with Crippen LogP contribution in [0.3, 0.4) is 0 Å². The summed E-state index contributed by atoms with van der Waals surface area (Å²) < 4.78 is 1.40. The van der Waals surface area contributed by atoms with Crippen LogP contribution in [0.4, 0.5) is 11.4 Å². The highest BCUT2D eigenvalue weighted by atomic mass is 32.2. The molecule has 3 amide bonds. The lowest BCUT2D eigenvalue weighted by atomic mass is 10.1. The number of nitrogens with one attached hydrogen (secondary N) is 3. The fraction of sp³-hybridized carbons (Fsp3) is 0.261. The van der Waals surface area contributed by atoms with Gasteiger partial charge >= 0.3 is 0 Å². The summed E-state index contributed by atoms with van der Waals surface area (Å²) in [6.07, 6.45) is 3.95. The molecule has 0 unspecified atom stereocenters. The number of carbonyl (C=O) groups is 3. The average Bonchev–Trinajstić information content (AvgIpc) is 2.93. The van der Waals surface area contributed by atoms with Crippen molar-refractivity contribution in [3.63, 3.8) is 0 Å². The summed E-state index contributed by atoms with van der Waals surface area (Å²) >= 11 is 1.60. The van der Waals surface area contributed by atoms with Crippen molar-refractivity contribution >= 4 is 51.8 Å². The van der Waals surface area contributed by atoms with Gasteiger partial charge in [-0.25, -0.2) is 4.98 Å². The first-order valence-corrected chi connectivity index (χ1v) is 11.8. The minimum Gasteiger partial charge on any atom is -0.340 e. The van der Waals surface area contributed by atoms with Crippen molar-refractivity contribution in [2.24, 2.45) is 0 Å². The van der Waals surface area contributed by atoms with Crippen molar-refractivity contribution in [2.75, 3.05) is 22.6 Å². The van der Waals surface area contributed by atoms with Crippen molar-refractivity contribution in [3.8, 4) is 0 Å². The summed E-state index contributed by atoms with van der Waals surface area (Å²) in [5.74, 6) is -0.209. The highest BCUT2D eigenvalue weighted by Crippen LogP contribution is 2.24. The first-order chi connectivity index (χ1) is 16.0. The molecule has 1 aromatic heterocycles. The van der Waals surface area contributed by atoms with E-state index in [0.717, 1.165) is 5.75 Å². The number of fused-ring (bicyclic) bond motifs is 2. The Bertz CT molecular complexity index is 1290. The number of thioether (sulfide) groups is 1. The summed E-state index contributed by atoms with van der Waals surface area (Å²) in [5.41, 5.74) is 1.50. The Morgan fingerprint density at radius 1 is 1.18 bits per heavy atom. The maximum atomic E-state index is 12.7. The van der Waals surface area contributed by atoms with E-state index in [1.54, 1.807) is 42.1 Å². The van der Waals surface area contributed by atoms with E-state index in [1.807, 2.05) is 12.3 Å². The van der Waals surface area contributed by atoms with Crippen LogP contribution in [-0.4, -0.2) is 45.3 Å². The zero-order chi connectivity index (χ0) is 23.4. The molecule has 0 aliphatic carbocycles. The second-order valence-electron chi connectivity index (χ2n) is 7.62. The smallest absolute Gasteiger partial charge is 0.261 e. The van der Waals surface area contributed by atoms with Crippen LogP contribution in [0.15, 0.2) is 53.6 Å². The number of para-hydroxylation sites is 1. The second-order valence-corrected chi connectivity index (χ2v) is 8.60. The number of anilines is 2. The van der Waals surface area contributed by atoms with E-state index >= 15 is 0 Å². The Morgan fingerprint density at radius 3 is 2.82 bits per heavy atom.